The van der Waals surface area contributed by atoms with E-state index in [1.807, 2.05) is 0 Å². The van der Waals surface area contributed by atoms with Crippen LogP contribution in [-0.2, 0) is 12.4 Å². The molecule has 0 saturated carbocycles. The number of carboxylic acid groups (broad SMARTS) is 1. The molecule has 3 rings (SSSR count). The van der Waals surface area contributed by atoms with Crippen molar-refractivity contribution in [3.05, 3.63) is 77.5 Å². The molecule has 150 valence electrons. The monoisotopic (exact) mass is 411 g/mol. The minimum Gasteiger partial charge on any atom is -0.478 e. The number of halogens is 6. The summed E-state index contributed by atoms with van der Waals surface area (Å²) in [6.07, 6.45) is -8.63. The molecule has 0 bridgehead atoms. The van der Waals surface area contributed by atoms with Crippen LogP contribution in [0.25, 0.3) is 22.4 Å². The van der Waals surface area contributed by atoms with Gasteiger partial charge in [0.25, 0.3) is 0 Å². The molecule has 3 aromatic rings. The number of carboxylic acids is 1. The third kappa shape index (κ3) is 4.08. The fourth-order valence-electron chi connectivity index (χ4n) is 2.91. The molecule has 0 aliphatic carbocycles. The maximum atomic E-state index is 13.3. The van der Waals surface area contributed by atoms with Gasteiger partial charge in [0.15, 0.2) is 0 Å². The van der Waals surface area contributed by atoms with Crippen LogP contribution in [0.5, 0.6) is 0 Å². The fourth-order valence-corrected chi connectivity index (χ4v) is 2.91. The third-order valence-electron chi connectivity index (χ3n) is 4.17. The molecule has 0 amide bonds. The number of benzene rings is 2. The lowest BCUT2D eigenvalue weighted by Crippen LogP contribution is -2.10. The van der Waals surface area contributed by atoms with E-state index >= 15 is 0 Å². The van der Waals surface area contributed by atoms with E-state index in [9.17, 15) is 36.2 Å². The Hall–Kier alpha value is -3.36. The van der Waals surface area contributed by atoms with Crippen molar-refractivity contribution in [2.24, 2.45) is 0 Å². The molecule has 29 heavy (non-hydrogen) atoms. The minimum absolute atomic E-state index is 0.316. The zero-order valence-electron chi connectivity index (χ0n) is 14.3. The molecule has 1 N–H and O–H groups in total. The highest BCUT2D eigenvalue weighted by Gasteiger charge is 2.35. The Kier molecular flexibility index (Phi) is 5.08. The first-order valence-corrected chi connectivity index (χ1v) is 8.06. The summed E-state index contributed by atoms with van der Waals surface area (Å²) < 4.78 is 79.7. The van der Waals surface area contributed by atoms with Crippen LogP contribution in [0.15, 0.2) is 60.8 Å². The van der Waals surface area contributed by atoms with E-state index in [4.69, 9.17) is 0 Å². The number of rotatable bonds is 3. The first-order valence-electron chi connectivity index (χ1n) is 8.06. The molecular weight excluding hydrogens is 400 g/mol. The van der Waals surface area contributed by atoms with Crippen molar-refractivity contribution < 1.29 is 36.2 Å². The summed E-state index contributed by atoms with van der Waals surface area (Å²) in [5.41, 5.74) is -4.18. The summed E-state index contributed by atoms with van der Waals surface area (Å²) >= 11 is 0. The fraction of sp³-hybridized carbons (Fsp3) is 0.100. The molecule has 0 saturated heterocycles. The molecule has 0 spiro atoms. The molecule has 0 aliphatic heterocycles. The van der Waals surface area contributed by atoms with Gasteiger partial charge in [-0.25, -0.2) is 4.79 Å². The van der Waals surface area contributed by atoms with Gasteiger partial charge in [-0.1, -0.05) is 36.4 Å². The number of hydrogen-bond acceptors (Lipinski definition) is 2. The second-order valence-corrected chi connectivity index (χ2v) is 6.01. The number of carbonyl (C=O) groups is 1. The smallest absolute Gasteiger partial charge is 0.417 e. The summed E-state index contributed by atoms with van der Waals surface area (Å²) in [4.78, 5) is 15.5. The number of aromatic carboxylic acids is 1. The van der Waals surface area contributed by atoms with Gasteiger partial charge in [-0.3, -0.25) is 4.98 Å². The van der Waals surface area contributed by atoms with Gasteiger partial charge in [-0.05, 0) is 23.8 Å². The van der Waals surface area contributed by atoms with Crippen LogP contribution in [0, 0.1) is 0 Å². The number of hydrogen-bond donors (Lipinski definition) is 1. The van der Waals surface area contributed by atoms with Crippen molar-refractivity contribution in [1.82, 2.24) is 4.98 Å². The molecule has 9 heteroatoms. The SMILES string of the molecule is O=C(O)c1cc(-c2ccccc2C(F)(F)F)ncc1-c1ccccc1C(F)(F)F. The van der Waals surface area contributed by atoms with Crippen LogP contribution in [0.2, 0.25) is 0 Å². The minimum atomic E-state index is -4.76. The first-order chi connectivity index (χ1) is 13.5. The molecular formula is C20H11F6NO2. The number of alkyl halides is 6. The molecule has 2 aromatic carbocycles. The Bertz CT molecular complexity index is 1070. The third-order valence-corrected chi connectivity index (χ3v) is 4.17. The maximum absolute atomic E-state index is 13.3. The van der Waals surface area contributed by atoms with Gasteiger partial charge in [0, 0.05) is 17.3 Å². The Morgan fingerprint density at radius 3 is 1.76 bits per heavy atom. The van der Waals surface area contributed by atoms with Crippen molar-refractivity contribution >= 4 is 5.97 Å². The van der Waals surface area contributed by atoms with Crippen LogP contribution >= 0.6 is 0 Å². The molecule has 0 radical (unpaired) electrons. The highest BCUT2D eigenvalue weighted by Crippen LogP contribution is 2.40. The van der Waals surface area contributed by atoms with Crippen LogP contribution in [-0.4, -0.2) is 16.1 Å². The average Bonchev–Trinajstić information content (AvgIpc) is 2.66. The maximum Gasteiger partial charge on any atom is 0.417 e. The van der Waals surface area contributed by atoms with E-state index in [1.54, 1.807) is 0 Å². The summed E-state index contributed by atoms with van der Waals surface area (Å²) in [5, 5.41) is 9.49. The molecule has 0 atom stereocenters. The second-order valence-electron chi connectivity index (χ2n) is 6.01. The predicted molar refractivity (Wildman–Crippen MR) is 92.1 cm³/mol. The van der Waals surface area contributed by atoms with Crippen molar-refractivity contribution in [3.63, 3.8) is 0 Å². The summed E-state index contributed by atoms with van der Waals surface area (Å²) in [5.74, 6) is -1.59. The molecule has 0 unspecified atom stereocenters. The quantitative estimate of drug-likeness (QED) is 0.526. The van der Waals surface area contributed by atoms with Crippen molar-refractivity contribution in [3.8, 4) is 22.4 Å². The molecule has 0 aliphatic rings. The van der Waals surface area contributed by atoms with Gasteiger partial charge in [-0.15, -0.1) is 0 Å². The second kappa shape index (κ2) is 7.23. The van der Waals surface area contributed by atoms with Crippen LogP contribution in [0.1, 0.15) is 21.5 Å². The van der Waals surface area contributed by atoms with Gasteiger partial charge in [0.05, 0.1) is 22.4 Å². The van der Waals surface area contributed by atoms with E-state index in [0.717, 1.165) is 42.6 Å². The van der Waals surface area contributed by atoms with Gasteiger partial charge < -0.3 is 5.11 Å². The predicted octanol–water partition coefficient (Wildman–Crippen LogP) is 6.15. The van der Waals surface area contributed by atoms with Crippen LogP contribution in [0.3, 0.4) is 0 Å². The van der Waals surface area contributed by atoms with Crippen molar-refractivity contribution in [1.29, 1.82) is 0 Å². The Labute approximate surface area is 160 Å². The summed E-state index contributed by atoms with van der Waals surface area (Å²) in [7, 11) is 0. The lowest BCUT2D eigenvalue weighted by atomic mass is 9.94. The van der Waals surface area contributed by atoms with E-state index < -0.39 is 40.6 Å². The average molecular weight is 411 g/mol. The van der Waals surface area contributed by atoms with E-state index in [0.29, 0.717) is 0 Å². The highest BCUT2D eigenvalue weighted by atomic mass is 19.4. The summed E-state index contributed by atoms with van der Waals surface area (Å²) in [6.45, 7) is 0. The van der Waals surface area contributed by atoms with Gasteiger partial charge >= 0.3 is 18.3 Å². The highest BCUT2D eigenvalue weighted by molar-refractivity contribution is 5.97. The largest absolute Gasteiger partial charge is 0.478 e. The lowest BCUT2D eigenvalue weighted by molar-refractivity contribution is -0.137. The first kappa shape index (κ1) is 20.4. The zero-order valence-corrected chi connectivity index (χ0v) is 14.3. The lowest BCUT2D eigenvalue weighted by Gasteiger charge is -2.16. The van der Waals surface area contributed by atoms with Gasteiger partial charge in [0.1, 0.15) is 0 Å². The molecule has 1 aromatic heterocycles. The normalized spacial score (nSPS) is 12.1. The van der Waals surface area contributed by atoms with Crippen molar-refractivity contribution in [2.75, 3.05) is 0 Å². The van der Waals surface area contributed by atoms with E-state index in [-0.39, 0.29) is 16.8 Å². The summed E-state index contributed by atoms with van der Waals surface area (Å²) in [6, 6.07) is 9.55. The Balaban J connectivity index is 2.24. The standard InChI is InChI=1S/C20H11F6NO2/c21-19(22,23)15-7-3-1-5-11(15)14-10-27-17(9-13(14)18(28)29)12-6-2-4-8-16(12)20(24,25)26/h1-10H,(H,28,29). The molecule has 1 heterocycles. The van der Waals surface area contributed by atoms with Gasteiger partial charge in [-0.2, -0.15) is 26.3 Å². The van der Waals surface area contributed by atoms with E-state index in [1.165, 1.54) is 18.2 Å². The van der Waals surface area contributed by atoms with E-state index in [2.05, 4.69) is 4.98 Å². The molecule has 3 nitrogen and oxygen atoms in total. The Morgan fingerprint density at radius 2 is 1.24 bits per heavy atom. The van der Waals surface area contributed by atoms with Crippen LogP contribution < -0.4 is 0 Å². The number of pyridine rings is 1. The van der Waals surface area contributed by atoms with Gasteiger partial charge in [0.2, 0.25) is 0 Å². The number of nitrogens with zero attached hydrogens (tertiary/aromatic N) is 1. The topological polar surface area (TPSA) is 50.2 Å². The Morgan fingerprint density at radius 1 is 0.759 bits per heavy atom. The zero-order chi connectivity index (χ0) is 21.4. The number of aromatic nitrogens is 1. The van der Waals surface area contributed by atoms with Crippen LogP contribution in [0.4, 0.5) is 26.3 Å². The molecule has 0 fully saturated rings. The van der Waals surface area contributed by atoms with Crippen molar-refractivity contribution in [2.45, 2.75) is 12.4 Å².